The van der Waals surface area contributed by atoms with Gasteiger partial charge in [0.1, 0.15) is 5.82 Å². The van der Waals surface area contributed by atoms with E-state index < -0.39 is 0 Å². The van der Waals surface area contributed by atoms with Gasteiger partial charge in [-0.2, -0.15) is 0 Å². The minimum absolute atomic E-state index is 0. The molecule has 2 fully saturated rings. The zero-order valence-corrected chi connectivity index (χ0v) is 15.9. The summed E-state index contributed by atoms with van der Waals surface area (Å²) in [4.78, 5) is 26.9. The number of carbonyl (C=O) groups excluding carboxylic acids is 2. The quantitative estimate of drug-likeness (QED) is 0.842. The molecule has 0 aliphatic carbocycles. The summed E-state index contributed by atoms with van der Waals surface area (Å²) in [5.41, 5.74) is 0.465. The van der Waals surface area contributed by atoms with Crippen LogP contribution in [0, 0.1) is 11.7 Å². The van der Waals surface area contributed by atoms with Crippen LogP contribution in [0.25, 0.3) is 0 Å². The molecule has 144 valence electrons. The predicted molar refractivity (Wildman–Crippen MR) is 101 cm³/mol. The maximum atomic E-state index is 13.0. The number of nitrogens with zero attached hydrogens (tertiary/aromatic N) is 1. The minimum atomic E-state index is -0.359. The topological polar surface area (TPSA) is 61.4 Å². The van der Waals surface area contributed by atoms with Gasteiger partial charge in [-0.3, -0.25) is 9.59 Å². The lowest BCUT2D eigenvalue weighted by molar-refractivity contribution is -0.127. The summed E-state index contributed by atoms with van der Waals surface area (Å²) in [7, 11) is 0. The van der Waals surface area contributed by atoms with Crippen molar-refractivity contribution in [2.24, 2.45) is 5.92 Å². The Morgan fingerprint density at radius 2 is 1.92 bits per heavy atom. The number of likely N-dealkylation sites (tertiary alicyclic amines) is 1. The summed E-state index contributed by atoms with van der Waals surface area (Å²) in [6, 6.07) is 6.01. The van der Waals surface area contributed by atoms with Crippen molar-refractivity contribution in [3.63, 3.8) is 0 Å². The predicted octanol–water partition coefficient (Wildman–Crippen LogP) is 2.36. The molecular weight excluding hydrogens is 357 g/mol. The molecule has 2 N–H and O–H groups in total. The van der Waals surface area contributed by atoms with Gasteiger partial charge in [0, 0.05) is 30.7 Å². The van der Waals surface area contributed by atoms with E-state index in [9.17, 15) is 14.0 Å². The van der Waals surface area contributed by atoms with Gasteiger partial charge in [0.05, 0.1) is 5.92 Å². The molecule has 0 saturated carbocycles. The minimum Gasteiger partial charge on any atom is -0.352 e. The van der Waals surface area contributed by atoms with Crippen LogP contribution in [0.3, 0.4) is 0 Å². The van der Waals surface area contributed by atoms with Gasteiger partial charge in [-0.05, 0) is 63.4 Å². The zero-order valence-electron chi connectivity index (χ0n) is 15.0. The van der Waals surface area contributed by atoms with Crippen LogP contribution in [0.4, 0.5) is 4.39 Å². The van der Waals surface area contributed by atoms with Crippen LogP contribution in [0.2, 0.25) is 0 Å². The fourth-order valence-corrected chi connectivity index (χ4v) is 3.69. The van der Waals surface area contributed by atoms with Crippen molar-refractivity contribution in [2.45, 2.75) is 44.7 Å². The number of benzene rings is 1. The number of halogens is 2. The molecule has 0 spiro atoms. The lowest BCUT2D eigenvalue weighted by atomic mass is 9.94. The van der Waals surface area contributed by atoms with Crippen LogP contribution in [-0.2, 0) is 4.79 Å². The standard InChI is InChI=1S/C19H26FN3O2.ClH/c1-13-17(5-2-10-21-13)22-18(24)15-4-3-11-23(12-15)19(25)14-6-8-16(20)9-7-14;/h6-9,13,15,17,21H,2-5,10-12H2,1H3,(H,22,24);1H. The first-order valence-corrected chi connectivity index (χ1v) is 9.13. The Morgan fingerprint density at radius 1 is 1.19 bits per heavy atom. The molecule has 7 heteroatoms. The van der Waals surface area contributed by atoms with Crippen LogP contribution in [0.5, 0.6) is 0 Å². The normalized spacial score (nSPS) is 25.9. The van der Waals surface area contributed by atoms with Gasteiger partial charge >= 0.3 is 0 Å². The monoisotopic (exact) mass is 383 g/mol. The Labute approximate surface area is 160 Å². The number of amides is 2. The van der Waals surface area contributed by atoms with E-state index in [1.54, 1.807) is 4.90 Å². The van der Waals surface area contributed by atoms with Crippen LogP contribution in [-0.4, -0.2) is 48.4 Å². The number of nitrogens with one attached hydrogen (secondary N) is 2. The van der Waals surface area contributed by atoms with Gasteiger partial charge in [0.15, 0.2) is 0 Å². The zero-order chi connectivity index (χ0) is 17.8. The van der Waals surface area contributed by atoms with Crippen LogP contribution < -0.4 is 10.6 Å². The van der Waals surface area contributed by atoms with Gasteiger partial charge in [-0.1, -0.05) is 0 Å². The van der Waals surface area contributed by atoms with Crippen molar-refractivity contribution in [3.05, 3.63) is 35.6 Å². The molecule has 0 aromatic heterocycles. The largest absolute Gasteiger partial charge is 0.352 e. The average molecular weight is 384 g/mol. The van der Waals surface area contributed by atoms with Crippen molar-refractivity contribution in [2.75, 3.05) is 19.6 Å². The fourth-order valence-electron chi connectivity index (χ4n) is 3.69. The number of hydrogen-bond donors (Lipinski definition) is 2. The second-order valence-corrected chi connectivity index (χ2v) is 7.10. The van der Waals surface area contributed by atoms with E-state index in [-0.39, 0.29) is 48.0 Å². The highest BCUT2D eigenvalue weighted by Gasteiger charge is 2.31. The lowest BCUT2D eigenvalue weighted by Crippen LogP contribution is -2.54. The summed E-state index contributed by atoms with van der Waals surface area (Å²) >= 11 is 0. The first-order valence-electron chi connectivity index (χ1n) is 9.13. The molecule has 1 aromatic carbocycles. The second-order valence-electron chi connectivity index (χ2n) is 7.10. The van der Waals surface area contributed by atoms with Crippen LogP contribution in [0.15, 0.2) is 24.3 Å². The van der Waals surface area contributed by atoms with E-state index in [1.165, 1.54) is 24.3 Å². The van der Waals surface area contributed by atoms with Crippen molar-refractivity contribution in [1.29, 1.82) is 0 Å². The molecule has 3 unspecified atom stereocenters. The van der Waals surface area contributed by atoms with Crippen molar-refractivity contribution in [1.82, 2.24) is 15.5 Å². The van der Waals surface area contributed by atoms with Crippen molar-refractivity contribution >= 4 is 24.2 Å². The molecule has 2 aliphatic rings. The number of hydrogen-bond acceptors (Lipinski definition) is 3. The Morgan fingerprint density at radius 3 is 2.62 bits per heavy atom. The Hall–Kier alpha value is -1.66. The van der Waals surface area contributed by atoms with E-state index in [0.717, 1.165) is 32.2 Å². The van der Waals surface area contributed by atoms with Crippen LogP contribution >= 0.6 is 12.4 Å². The van der Waals surface area contributed by atoms with E-state index >= 15 is 0 Å². The van der Waals surface area contributed by atoms with Gasteiger partial charge in [-0.25, -0.2) is 4.39 Å². The molecule has 3 atom stereocenters. The molecular formula is C19H27ClFN3O2. The van der Waals surface area contributed by atoms with Gasteiger partial charge in [-0.15, -0.1) is 12.4 Å². The fraction of sp³-hybridized carbons (Fsp3) is 0.579. The third-order valence-electron chi connectivity index (χ3n) is 5.26. The van der Waals surface area contributed by atoms with Crippen molar-refractivity contribution in [3.8, 4) is 0 Å². The summed E-state index contributed by atoms with van der Waals surface area (Å²) in [6.07, 6.45) is 3.66. The Kier molecular flexibility index (Phi) is 7.41. The van der Waals surface area contributed by atoms with Crippen LogP contribution in [0.1, 0.15) is 43.0 Å². The van der Waals surface area contributed by atoms with Gasteiger partial charge < -0.3 is 15.5 Å². The highest BCUT2D eigenvalue weighted by molar-refractivity contribution is 5.94. The van der Waals surface area contributed by atoms with E-state index in [0.29, 0.717) is 18.7 Å². The molecule has 0 bridgehead atoms. The van der Waals surface area contributed by atoms with Crippen molar-refractivity contribution < 1.29 is 14.0 Å². The van der Waals surface area contributed by atoms with E-state index in [2.05, 4.69) is 17.6 Å². The Bertz CT molecular complexity index is 626. The molecule has 2 heterocycles. The third kappa shape index (κ3) is 4.95. The molecule has 2 aliphatic heterocycles. The average Bonchev–Trinajstić information content (AvgIpc) is 2.64. The first-order chi connectivity index (χ1) is 12.0. The SMILES string of the molecule is CC1NCCCC1NC(=O)C1CCCN(C(=O)c2ccc(F)cc2)C1.Cl. The maximum Gasteiger partial charge on any atom is 0.253 e. The van der Waals surface area contributed by atoms with E-state index in [1.807, 2.05) is 0 Å². The molecule has 2 saturated heterocycles. The summed E-state index contributed by atoms with van der Waals surface area (Å²) in [6.45, 7) is 4.16. The summed E-state index contributed by atoms with van der Waals surface area (Å²) < 4.78 is 13.0. The first kappa shape index (κ1) is 20.6. The van der Waals surface area contributed by atoms with Gasteiger partial charge in [0.25, 0.3) is 5.91 Å². The van der Waals surface area contributed by atoms with E-state index in [4.69, 9.17) is 0 Å². The molecule has 3 rings (SSSR count). The lowest BCUT2D eigenvalue weighted by Gasteiger charge is -2.35. The second kappa shape index (κ2) is 9.33. The number of rotatable bonds is 3. The third-order valence-corrected chi connectivity index (χ3v) is 5.26. The maximum absolute atomic E-state index is 13.0. The summed E-state index contributed by atoms with van der Waals surface area (Å²) in [5.74, 6) is -0.628. The smallest absolute Gasteiger partial charge is 0.253 e. The highest BCUT2D eigenvalue weighted by atomic mass is 35.5. The van der Waals surface area contributed by atoms with Gasteiger partial charge in [0.2, 0.25) is 5.91 Å². The molecule has 1 aromatic rings. The molecule has 5 nitrogen and oxygen atoms in total. The molecule has 26 heavy (non-hydrogen) atoms. The summed E-state index contributed by atoms with van der Waals surface area (Å²) in [5, 5.41) is 6.54. The highest BCUT2D eigenvalue weighted by Crippen LogP contribution is 2.20. The Balaban J connectivity index is 0.00000243. The molecule has 0 radical (unpaired) electrons. The number of carbonyl (C=O) groups is 2. The molecule has 2 amide bonds. The number of piperidine rings is 2.